The monoisotopic (exact) mass is 648 g/mol. The molecule has 240 valence electrons. The Morgan fingerprint density at radius 2 is 1.02 bits per heavy atom. The van der Waals surface area contributed by atoms with Gasteiger partial charge in [-0.2, -0.15) is 0 Å². The molecule has 0 bridgehead atoms. The van der Waals surface area contributed by atoms with Gasteiger partial charge in [0.25, 0.3) is 0 Å². The van der Waals surface area contributed by atoms with Crippen molar-refractivity contribution in [2.24, 2.45) is 0 Å². The lowest BCUT2D eigenvalue weighted by Crippen LogP contribution is -1.96. The van der Waals surface area contributed by atoms with E-state index in [1.165, 1.54) is 116 Å². The molecule has 0 saturated heterocycles. The minimum atomic E-state index is 0.488. The summed E-state index contributed by atoms with van der Waals surface area (Å²) in [5.74, 6) is 0.488. The van der Waals surface area contributed by atoms with Crippen LogP contribution in [0.2, 0.25) is 0 Å². The molecule has 3 aliphatic carbocycles. The zero-order chi connectivity index (χ0) is 33.8. The third-order valence-electron chi connectivity index (χ3n) is 11.8. The number of benzene rings is 8. The van der Waals surface area contributed by atoms with E-state index in [-0.39, 0.29) is 0 Å². The second-order valence-corrected chi connectivity index (χ2v) is 14.9. The molecular weight excluding hydrogens is 613 g/mol. The van der Waals surface area contributed by atoms with Crippen LogP contribution in [0, 0.1) is 0 Å². The van der Waals surface area contributed by atoms with Gasteiger partial charge in [0.15, 0.2) is 0 Å². The SMILES string of the molecule is CC(C)c1cc2c3c(cccc3c1)C1=C2C=C(c2ccc3c4c(cccc24)-c2c-3c(-c3ccccc3)c3ccccc3c2-c2ccccc2)CC1. The van der Waals surface area contributed by atoms with Gasteiger partial charge in [-0.25, -0.2) is 0 Å². The lowest BCUT2D eigenvalue weighted by atomic mass is 9.82. The van der Waals surface area contributed by atoms with E-state index in [1.807, 2.05) is 0 Å². The molecule has 3 aliphatic rings. The number of fused-ring (bicyclic) bond motifs is 6. The molecule has 0 heterocycles. The quantitative estimate of drug-likeness (QED) is 0.178. The Morgan fingerprint density at radius 1 is 0.431 bits per heavy atom. The number of allylic oxidation sites excluding steroid dienone is 4. The molecule has 0 spiro atoms. The Balaban J connectivity index is 1.18. The first-order valence-electron chi connectivity index (χ1n) is 18.4. The molecule has 51 heavy (non-hydrogen) atoms. The van der Waals surface area contributed by atoms with Gasteiger partial charge < -0.3 is 0 Å². The first-order valence-corrected chi connectivity index (χ1v) is 18.4. The summed E-state index contributed by atoms with van der Waals surface area (Å²) in [7, 11) is 0. The van der Waals surface area contributed by atoms with Gasteiger partial charge in [0.05, 0.1) is 0 Å². The van der Waals surface area contributed by atoms with Gasteiger partial charge in [-0.3, -0.25) is 0 Å². The summed E-state index contributed by atoms with van der Waals surface area (Å²) < 4.78 is 0. The maximum absolute atomic E-state index is 2.54. The second-order valence-electron chi connectivity index (χ2n) is 14.9. The summed E-state index contributed by atoms with van der Waals surface area (Å²) in [6.45, 7) is 4.62. The van der Waals surface area contributed by atoms with Crippen molar-refractivity contribution >= 4 is 49.0 Å². The maximum Gasteiger partial charge on any atom is -0.000741 e. The first kappa shape index (κ1) is 28.8. The van der Waals surface area contributed by atoms with Crippen LogP contribution in [-0.4, -0.2) is 0 Å². The summed E-state index contributed by atoms with van der Waals surface area (Å²) in [6, 6.07) is 54.8. The highest BCUT2D eigenvalue weighted by molar-refractivity contribution is 6.28. The molecule has 0 radical (unpaired) electrons. The van der Waals surface area contributed by atoms with Crippen molar-refractivity contribution in [1.29, 1.82) is 0 Å². The van der Waals surface area contributed by atoms with E-state index in [1.54, 1.807) is 0 Å². The lowest BCUT2D eigenvalue weighted by molar-refractivity contribution is 0.868. The highest BCUT2D eigenvalue weighted by Crippen LogP contribution is 2.59. The molecule has 0 heteroatoms. The Labute approximate surface area is 299 Å². The molecule has 8 aromatic rings. The largest absolute Gasteiger partial charge is 0.0622 e. The van der Waals surface area contributed by atoms with E-state index in [2.05, 4.69) is 166 Å². The molecular formula is C51H36. The maximum atomic E-state index is 2.54. The van der Waals surface area contributed by atoms with Crippen LogP contribution < -0.4 is 0 Å². The summed E-state index contributed by atoms with van der Waals surface area (Å²) in [5, 5.41) is 8.16. The molecule has 0 saturated carbocycles. The first-order chi connectivity index (χ1) is 25.2. The molecule has 0 N–H and O–H groups in total. The van der Waals surface area contributed by atoms with Crippen molar-refractivity contribution in [3.8, 4) is 44.5 Å². The normalized spacial score (nSPS) is 14.1. The summed E-state index contributed by atoms with van der Waals surface area (Å²) in [5.41, 5.74) is 20.6. The molecule has 11 rings (SSSR count). The third kappa shape index (κ3) is 4.02. The van der Waals surface area contributed by atoms with Crippen LogP contribution in [0.3, 0.4) is 0 Å². The Kier molecular flexibility index (Phi) is 6.08. The van der Waals surface area contributed by atoms with Crippen molar-refractivity contribution in [3.05, 3.63) is 174 Å². The molecule has 0 amide bonds. The van der Waals surface area contributed by atoms with Crippen LogP contribution >= 0.6 is 0 Å². The van der Waals surface area contributed by atoms with E-state index in [4.69, 9.17) is 0 Å². The predicted octanol–water partition coefficient (Wildman–Crippen LogP) is 14.4. The van der Waals surface area contributed by atoms with E-state index < -0.39 is 0 Å². The minimum Gasteiger partial charge on any atom is -0.0622 e. The van der Waals surface area contributed by atoms with Crippen molar-refractivity contribution in [2.75, 3.05) is 0 Å². The number of rotatable bonds is 4. The van der Waals surface area contributed by atoms with Crippen molar-refractivity contribution in [3.63, 3.8) is 0 Å². The average molecular weight is 649 g/mol. The average Bonchev–Trinajstić information content (AvgIpc) is 3.68. The smallest absolute Gasteiger partial charge is 0.000741 e. The number of hydrogen-bond donors (Lipinski definition) is 0. The highest BCUT2D eigenvalue weighted by Gasteiger charge is 2.32. The van der Waals surface area contributed by atoms with Crippen molar-refractivity contribution in [1.82, 2.24) is 0 Å². The molecule has 8 aromatic carbocycles. The van der Waals surface area contributed by atoms with Crippen LogP contribution in [0.1, 0.15) is 54.9 Å². The van der Waals surface area contributed by atoms with E-state index in [0.29, 0.717) is 5.92 Å². The molecule has 0 aliphatic heterocycles. The van der Waals surface area contributed by atoms with Crippen LogP contribution in [0.15, 0.2) is 152 Å². The number of hydrogen-bond acceptors (Lipinski definition) is 0. The van der Waals surface area contributed by atoms with Crippen LogP contribution in [0.4, 0.5) is 0 Å². The topological polar surface area (TPSA) is 0 Å². The van der Waals surface area contributed by atoms with Gasteiger partial charge in [0, 0.05) is 0 Å². The van der Waals surface area contributed by atoms with Crippen LogP contribution in [-0.2, 0) is 0 Å². The van der Waals surface area contributed by atoms with Crippen molar-refractivity contribution in [2.45, 2.75) is 32.6 Å². The minimum absolute atomic E-state index is 0.488. The second kappa shape index (κ2) is 10.8. The van der Waals surface area contributed by atoms with Gasteiger partial charge >= 0.3 is 0 Å². The fourth-order valence-electron chi connectivity index (χ4n) is 9.60. The van der Waals surface area contributed by atoms with Gasteiger partial charge in [0.2, 0.25) is 0 Å². The van der Waals surface area contributed by atoms with Crippen LogP contribution in [0.25, 0.3) is 93.5 Å². The predicted molar refractivity (Wildman–Crippen MR) is 219 cm³/mol. The van der Waals surface area contributed by atoms with Crippen molar-refractivity contribution < 1.29 is 0 Å². The zero-order valence-electron chi connectivity index (χ0n) is 28.9. The molecule has 0 unspecified atom stereocenters. The van der Waals surface area contributed by atoms with Gasteiger partial charge in [-0.15, -0.1) is 0 Å². The molecule has 0 fully saturated rings. The molecule has 0 atom stereocenters. The molecule has 0 nitrogen and oxygen atoms in total. The van der Waals surface area contributed by atoms with E-state index in [0.717, 1.165) is 12.8 Å². The Hall–Kier alpha value is -5.98. The fraction of sp³-hybridized carbons (Fsp3) is 0.0980. The van der Waals surface area contributed by atoms with Gasteiger partial charge in [-0.05, 0) is 135 Å². The standard InChI is InChI=1S/C51H36/c1-30(2)35-27-34-17-11-20-39-37-24-23-33(28-44(37)45(29-35)46(34)39)36-25-26-43-49-38(36)21-12-22-42(49)50-47(31-13-5-3-6-14-31)40-18-9-10-19-41(40)48(51(43)50)32-15-7-4-8-16-32/h3-22,25-30H,23-24H2,1-2H3. The summed E-state index contributed by atoms with van der Waals surface area (Å²) in [6.07, 6.45) is 4.65. The zero-order valence-corrected chi connectivity index (χ0v) is 28.9. The van der Waals surface area contributed by atoms with Gasteiger partial charge in [0.1, 0.15) is 0 Å². The van der Waals surface area contributed by atoms with Crippen LogP contribution in [0.5, 0.6) is 0 Å². The Bertz CT molecular complexity index is 2750. The van der Waals surface area contributed by atoms with Gasteiger partial charge in [-0.1, -0.05) is 166 Å². The van der Waals surface area contributed by atoms with E-state index >= 15 is 0 Å². The fourth-order valence-corrected chi connectivity index (χ4v) is 9.60. The highest BCUT2D eigenvalue weighted by atomic mass is 14.4. The third-order valence-corrected chi connectivity index (χ3v) is 11.8. The van der Waals surface area contributed by atoms with E-state index in [9.17, 15) is 0 Å². The summed E-state index contributed by atoms with van der Waals surface area (Å²) in [4.78, 5) is 0. The lowest BCUT2D eigenvalue weighted by Gasteiger charge is -2.20. The Morgan fingerprint density at radius 3 is 1.71 bits per heavy atom. The molecule has 0 aromatic heterocycles. The summed E-state index contributed by atoms with van der Waals surface area (Å²) >= 11 is 0.